The zero-order valence-electron chi connectivity index (χ0n) is 16.5. The number of benzene rings is 1. The highest BCUT2D eigenvalue weighted by Gasteiger charge is 2.39. The van der Waals surface area contributed by atoms with Crippen LogP contribution in [0.1, 0.15) is 71.6 Å². The molecule has 0 bridgehead atoms. The number of unbranched alkanes of at least 4 members (excludes halogenated alkanes) is 2. The molecule has 1 aromatic rings. The highest BCUT2D eigenvalue weighted by atomic mass is 32.2. The molecular formula is C22H36O3S. The van der Waals surface area contributed by atoms with Crippen LogP contribution in [0.15, 0.2) is 35.2 Å². The molecule has 26 heavy (non-hydrogen) atoms. The number of aliphatic hydroxyl groups is 1. The van der Waals surface area contributed by atoms with Crippen molar-refractivity contribution < 1.29 is 14.6 Å². The molecule has 0 radical (unpaired) electrons. The van der Waals surface area contributed by atoms with Crippen molar-refractivity contribution in [2.75, 3.05) is 13.2 Å². The summed E-state index contributed by atoms with van der Waals surface area (Å²) >= 11 is 1.91. The Hall–Kier alpha value is -0.550. The number of rotatable bonds is 12. The summed E-state index contributed by atoms with van der Waals surface area (Å²) in [4.78, 5) is 1.28. The van der Waals surface area contributed by atoms with Crippen molar-refractivity contribution in [3.63, 3.8) is 0 Å². The predicted octanol–water partition coefficient (Wildman–Crippen LogP) is 5.80. The van der Waals surface area contributed by atoms with Gasteiger partial charge in [-0.15, -0.1) is 11.8 Å². The first-order valence-electron chi connectivity index (χ1n) is 10.3. The maximum Gasteiger partial charge on any atom is 0.154 e. The summed E-state index contributed by atoms with van der Waals surface area (Å²) in [5, 5.41) is 11.0. The van der Waals surface area contributed by atoms with E-state index in [0.717, 1.165) is 45.1 Å². The number of aliphatic hydroxyl groups excluding tert-OH is 1. The molecule has 0 heterocycles. The normalized spacial score (nSPS) is 19.2. The summed E-state index contributed by atoms with van der Waals surface area (Å²) in [7, 11) is 0. The quantitative estimate of drug-likeness (QED) is 0.367. The van der Waals surface area contributed by atoms with Crippen molar-refractivity contribution in [3.05, 3.63) is 30.3 Å². The second kappa shape index (κ2) is 12.0. The first kappa shape index (κ1) is 21.7. The van der Waals surface area contributed by atoms with Gasteiger partial charge in [0.2, 0.25) is 0 Å². The van der Waals surface area contributed by atoms with Gasteiger partial charge in [-0.3, -0.25) is 0 Å². The molecule has 0 aromatic heterocycles. The Morgan fingerprint density at radius 2 is 1.77 bits per heavy atom. The second-order valence-corrected chi connectivity index (χ2v) is 8.79. The van der Waals surface area contributed by atoms with Crippen molar-refractivity contribution in [2.24, 2.45) is 0 Å². The third-order valence-electron chi connectivity index (χ3n) is 5.25. The Bertz CT molecular complexity index is 474. The van der Waals surface area contributed by atoms with Gasteiger partial charge in [0.1, 0.15) is 0 Å². The Kier molecular flexibility index (Phi) is 10.1. The fourth-order valence-corrected chi connectivity index (χ4v) is 5.30. The average molecular weight is 381 g/mol. The molecule has 4 heteroatoms. The van der Waals surface area contributed by atoms with E-state index in [-0.39, 0.29) is 17.1 Å². The maximum absolute atomic E-state index is 11.0. The molecule has 0 spiro atoms. The number of hydrogen-bond donors (Lipinski definition) is 1. The second-order valence-electron chi connectivity index (χ2n) is 7.30. The van der Waals surface area contributed by atoms with E-state index in [0.29, 0.717) is 6.61 Å². The molecule has 2 atom stereocenters. The lowest BCUT2D eigenvalue weighted by Crippen LogP contribution is -2.41. The minimum atomic E-state index is -0.226. The molecule has 1 aromatic carbocycles. The van der Waals surface area contributed by atoms with Crippen LogP contribution in [0.5, 0.6) is 0 Å². The van der Waals surface area contributed by atoms with Crippen LogP contribution in [-0.4, -0.2) is 35.5 Å². The summed E-state index contributed by atoms with van der Waals surface area (Å²) in [6, 6.07) is 10.6. The van der Waals surface area contributed by atoms with Crippen LogP contribution in [0.25, 0.3) is 0 Å². The minimum Gasteiger partial charge on any atom is -0.392 e. The van der Waals surface area contributed by atoms with E-state index < -0.39 is 0 Å². The van der Waals surface area contributed by atoms with Gasteiger partial charge in [-0.2, -0.15) is 0 Å². The van der Waals surface area contributed by atoms with E-state index in [9.17, 15) is 5.11 Å². The molecule has 3 nitrogen and oxygen atoms in total. The summed E-state index contributed by atoms with van der Waals surface area (Å²) in [6.07, 6.45) is 9.77. The van der Waals surface area contributed by atoms with E-state index in [1.54, 1.807) is 0 Å². The number of thioether (sulfide) groups is 1. The Morgan fingerprint density at radius 1 is 1.04 bits per heavy atom. The first-order valence-corrected chi connectivity index (χ1v) is 11.1. The molecule has 148 valence electrons. The van der Waals surface area contributed by atoms with Crippen molar-refractivity contribution in [2.45, 2.75) is 93.7 Å². The SMILES string of the molecule is CCOC(C)OCCCCCC(O)C1(Sc2ccccc2)CCCCC1. The predicted molar refractivity (Wildman–Crippen MR) is 110 cm³/mol. The van der Waals surface area contributed by atoms with Crippen LogP contribution in [0.3, 0.4) is 0 Å². The zero-order valence-corrected chi connectivity index (χ0v) is 17.3. The fraction of sp³-hybridized carbons (Fsp3) is 0.727. The van der Waals surface area contributed by atoms with Crippen LogP contribution in [0.2, 0.25) is 0 Å². The largest absolute Gasteiger partial charge is 0.392 e. The van der Waals surface area contributed by atoms with Crippen LogP contribution in [0, 0.1) is 0 Å². The van der Waals surface area contributed by atoms with Crippen molar-refractivity contribution in [1.29, 1.82) is 0 Å². The monoisotopic (exact) mass is 380 g/mol. The van der Waals surface area contributed by atoms with E-state index >= 15 is 0 Å². The van der Waals surface area contributed by atoms with E-state index in [1.807, 2.05) is 25.6 Å². The van der Waals surface area contributed by atoms with Gasteiger partial charge in [-0.05, 0) is 51.7 Å². The van der Waals surface area contributed by atoms with Crippen LogP contribution >= 0.6 is 11.8 Å². The van der Waals surface area contributed by atoms with Crippen molar-refractivity contribution in [1.82, 2.24) is 0 Å². The Labute approximate surface area is 163 Å². The molecule has 1 fully saturated rings. The lowest BCUT2D eigenvalue weighted by atomic mass is 9.82. The fourth-order valence-electron chi connectivity index (χ4n) is 3.79. The molecule has 1 saturated carbocycles. The van der Waals surface area contributed by atoms with Crippen LogP contribution in [0.4, 0.5) is 0 Å². The van der Waals surface area contributed by atoms with Gasteiger partial charge in [0.15, 0.2) is 6.29 Å². The molecule has 0 saturated heterocycles. The minimum absolute atomic E-state index is 0.000413. The zero-order chi connectivity index (χ0) is 18.7. The van der Waals surface area contributed by atoms with Gasteiger partial charge in [-0.25, -0.2) is 0 Å². The van der Waals surface area contributed by atoms with Crippen molar-refractivity contribution >= 4 is 11.8 Å². The molecule has 1 aliphatic carbocycles. The average Bonchev–Trinajstić information content (AvgIpc) is 2.66. The van der Waals surface area contributed by atoms with Gasteiger partial charge >= 0.3 is 0 Å². The number of ether oxygens (including phenoxy) is 2. The topological polar surface area (TPSA) is 38.7 Å². The van der Waals surface area contributed by atoms with E-state index in [4.69, 9.17) is 9.47 Å². The summed E-state index contributed by atoms with van der Waals surface area (Å²) < 4.78 is 11.0. The van der Waals surface area contributed by atoms with Gasteiger partial charge < -0.3 is 14.6 Å². The Balaban J connectivity index is 1.75. The lowest BCUT2D eigenvalue weighted by Gasteiger charge is -2.41. The third kappa shape index (κ3) is 7.22. The molecule has 1 N–H and O–H groups in total. The van der Waals surface area contributed by atoms with Crippen LogP contribution in [-0.2, 0) is 9.47 Å². The number of hydrogen-bond acceptors (Lipinski definition) is 4. The van der Waals surface area contributed by atoms with E-state index in [2.05, 4.69) is 30.3 Å². The third-order valence-corrected chi connectivity index (χ3v) is 6.84. The molecule has 0 amide bonds. The molecule has 2 rings (SSSR count). The molecule has 1 aliphatic rings. The maximum atomic E-state index is 11.0. The van der Waals surface area contributed by atoms with E-state index in [1.165, 1.54) is 24.2 Å². The highest BCUT2D eigenvalue weighted by molar-refractivity contribution is 8.00. The van der Waals surface area contributed by atoms with Crippen molar-refractivity contribution in [3.8, 4) is 0 Å². The summed E-state index contributed by atoms with van der Waals surface area (Å²) in [5.41, 5.74) is 0. The summed E-state index contributed by atoms with van der Waals surface area (Å²) in [5.74, 6) is 0. The molecular weight excluding hydrogens is 344 g/mol. The van der Waals surface area contributed by atoms with Crippen LogP contribution < -0.4 is 0 Å². The molecule has 0 aliphatic heterocycles. The van der Waals surface area contributed by atoms with Gasteiger partial charge in [-0.1, -0.05) is 50.3 Å². The highest BCUT2D eigenvalue weighted by Crippen LogP contribution is 2.47. The van der Waals surface area contributed by atoms with Gasteiger partial charge in [0.05, 0.1) is 6.10 Å². The first-order chi connectivity index (χ1) is 12.7. The molecule has 2 unspecified atom stereocenters. The smallest absolute Gasteiger partial charge is 0.154 e. The standard InChI is InChI=1S/C22H36O3S/c1-3-24-19(2)25-18-12-5-9-15-21(23)22(16-10-6-11-17-22)26-20-13-7-4-8-14-20/h4,7-8,13-14,19,21,23H,3,5-6,9-12,15-18H2,1-2H3. The summed E-state index contributed by atoms with van der Waals surface area (Å²) in [6.45, 7) is 5.35. The van der Waals surface area contributed by atoms with Gasteiger partial charge in [0.25, 0.3) is 0 Å². The lowest BCUT2D eigenvalue weighted by molar-refractivity contribution is -0.127. The van der Waals surface area contributed by atoms with Gasteiger partial charge in [0, 0.05) is 22.9 Å². The Morgan fingerprint density at radius 3 is 2.46 bits per heavy atom.